The van der Waals surface area contributed by atoms with Crippen molar-refractivity contribution in [2.75, 3.05) is 24.5 Å². The molecule has 3 heteroatoms. The number of aryl methyl sites for hydroxylation is 1. The second-order valence-corrected chi connectivity index (χ2v) is 5.74. The van der Waals surface area contributed by atoms with E-state index in [4.69, 9.17) is 0 Å². The van der Waals surface area contributed by atoms with Crippen molar-refractivity contribution in [3.63, 3.8) is 0 Å². The highest BCUT2D eigenvalue weighted by molar-refractivity contribution is 5.82. The van der Waals surface area contributed by atoms with Crippen LogP contribution in [-0.2, 0) is 17.6 Å². The maximum atomic E-state index is 12.1. The number of anilines is 1. The van der Waals surface area contributed by atoms with Crippen molar-refractivity contribution in [1.29, 1.82) is 0 Å². The van der Waals surface area contributed by atoms with Gasteiger partial charge in [0.1, 0.15) is 0 Å². The number of nitrogens with one attached hydrogen (secondary N) is 1. The Morgan fingerprint density at radius 2 is 1.82 bits per heavy atom. The van der Waals surface area contributed by atoms with Crippen molar-refractivity contribution in [2.45, 2.75) is 19.3 Å². The number of carbonyl (C=O) groups excluding carboxylic acids is 1. The third-order valence-electron chi connectivity index (χ3n) is 4.13. The summed E-state index contributed by atoms with van der Waals surface area (Å²) >= 11 is 0. The van der Waals surface area contributed by atoms with E-state index in [9.17, 15) is 4.79 Å². The summed E-state index contributed by atoms with van der Waals surface area (Å²) in [6, 6.07) is 18.7. The Hall–Kier alpha value is -2.29. The SMILES string of the molecule is O=C(CN1CCc2ccccc21)NCCCc1ccccc1. The third-order valence-corrected chi connectivity index (χ3v) is 4.13. The molecule has 0 aromatic heterocycles. The Labute approximate surface area is 132 Å². The van der Waals surface area contributed by atoms with Crippen LogP contribution in [0.5, 0.6) is 0 Å². The minimum atomic E-state index is 0.116. The average molecular weight is 294 g/mol. The van der Waals surface area contributed by atoms with Gasteiger partial charge in [-0.2, -0.15) is 0 Å². The number of amides is 1. The molecule has 0 fully saturated rings. The maximum Gasteiger partial charge on any atom is 0.239 e. The Kier molecular flexibility index (Phi) is 4.74. The molecule has 114 valence electrons. The zero-order chi connectivity index (χ0) is 15.2. The van der Waals surface area contributed by atoms with Crippen LogP contribution < -0.4 is 10.2 Å². The highest BCUT2D eigenvalue weighted by atomic mass is 16.2. The van der Waals surface area contributed by atoms with Crippen LogP contribution in [0.3, 0.4) is 0 Å². The van der Waals surface area contributed by atoms with E-state index in [1.807, 2.05) is 12.1 Å². The molecule has 1 aliphatic heterocycles. The number of para-hydroxylation sites is 1. The summed E-state index contributed by atoms with van der Waals surface area (Å²) in [4.78, 5) is 14.2. The zero-order valence-corrected chi connectivity index (χ0v) is 12.8. The molecule has 1 amide bonds. The van der Waals surface area contributed by atoms with Crippen molar-refractivity contribution in [3.05, 3.63) is 65.7 Å². The lowest BCUT2D eigenvalue weighted by Crippen LogP contribution is -2.36. The fraction of sp³-hybridized carbons (Fsp3) is 0.316. The van der Waals surface area contributed by atoms with E-state index in [0.717, 1.165) is 32.4 Å². The second kappa shape index (κ2) is 7.12. The zero-order valence-electron chi connectivity index (χ0n) is 12.8. The molecule has 3 rings (SSSR count). The predicted molar refractivity (Wildman–Crippen MR) is 90.1 cm³/mol. The number of benzene rings is 2. The Morgan fingerprint density at radius 3 is 2.68 bits per heavy atom. The van der Waals surface area contributed by atoms with Crippen molar-refractivity contribution < 1.29 is 4.79 Å². The molecule has 0 radical (unpaired) electrons. The Morgan fingerprint density at radius 1 is 1.05 bits per heavy atom. The van der Waals surface area contributed by atoms with Crippen LogP contribution in [0.15, 0.2) is 54.6 Å². The first-order valence-corrected chi connectivity index (χ1v) is 7.96. The minimum absolute atomic E-state index is 0.116. The quantitative estimate of drug-likeness (QED) is 0.831. The number of hydrogen-bond acceptors (Lipinski definition) is 2. The van der Waals surface area contributed by atoms with Gasteiger partial charge in [0.05, 0.1) is 6.54 Å². The van der Waals surface area contributed by atoms with Gasteiger partial charge in [0.25, 0.3) is 0 Å². The van der Waals surface area contributed by atoms with Crippen molar-refractivity contribution in [1.82, 2.24) is 5.32 Å². The lowest BCUT2D eigenvalue weighted by molar-refractivity contribution is -0.119. The first-order valence-electron chi connectivity index (χ1n) is 7.96. The van der Waals surface area contributed by atoms with Crippen LogP contribution in [0.2, 0.25) is 0 Å². The summed E-state index contributed by atoms with van der Waals surface area (Å²) in [7, 11) is 0. The molecule has 0 bridgehead atoms. The first kappa shape index (κ1) is 14.6. The lowest BCUT2D eigenvalue weighted by atomic mass is 10.1. The number of nitrogens with zero attached hydrogens (tertiary/aromatic N) is 1. The van der Waals surface area contributed by atoms with Gasteiger partial charge in [-0.15, -0.1) is 0 Å². The molecule has 22 heavy (non-hydrogen) atoms. The summed E-state index contributed by atoms with van der Waals surface area (Å²) < 4.78 is 0. The molecule has 0 aliphatic carbocycles. The van der Waals surface area contributed by atoms with Crippen LogP contribution in [0, 0.1) is 0 Å². The molecular weight excluding hydrogens is 272 g/mol. The fourth-order valence-electron chi connectivity index (χ4n) is 2.97. The highest BCUT2D eigenvalue weighted by Crippen LogP contribution is 2.26. The number of fused-ring (bicyclic) bond motifs is 1. The first-order chi connectivity index (χ1) is 10.8. The van der Waals surface area contributed by atoms with Gasteiger partial charge < -0.3 is 10.2 Å². The van der Waals surface area contributed by atoms with Gasteiger partial charge in [-0.05, 0) is 36.5 Å². The topological polar surface area (TPSA) is 32.3 Å². The van der Waals surface area contributed by atoms with Gasteiger partial charge in [-0.25, -0.2) is 0 Å². The summed E-state index contributed by atoms with van der Waals surface area (Å²) in [5.74, 6) is 0.116. The maximum absolute atomic E-state index is 12.1. The van der Waals surface area contributed by atoms with Crippen LogP contribution in [-0.4, -0.2) is 25.5 Å². The van der Waals surface area contributed by atoms with Gasteiger partial charge in [0.2, 0.25) is 5.91 Å². The van der Waals surface area contributed by atoms with Crippen LogP contribution >= 0.6 is 0 Å². The van der Waals surface area contributed by atoms with E-state index < -0.39 is 0 Å². The van der Waals surface area contributed by atoms with Gasteiger partial charge in [-0.1, -0.05) is 48.5 Å². The fourth-order valence-corrected chi connectivity index (χ4v) is 2.97. The average Bonchev–Trinajstić information content (AvgIpc) is 2.96. The Balaban J connectivity index is 1.40. The van der Waals surface area contributed by atoms with E-state index in [1.165, 1.54) is 16.8 Å². The lowest BCUT2D eigenvalue weighted by Gasteiger charge is -2.18. The second-order valence-electron chi connectivity index (χ2n) is 5.74. The molecule has 2 aromatic carbocycles. The van der Waals surface area contributed by atoms with E-state index >= 15 is 0 Å². The summed E-state index contributed by atoms with van der Waals surface area (Å²) in [5, 5.41) is 3.03. The summed E-state index contributed by atoms with van der Waals surface area (Å²) in [6.45, 7) is 2.14. The van der Waals surface area contributed by atoms with E-state index in [-0.39, 0.29) is 5.91 Å². The Bertz CT molecular complexity index is 624. The van der Waals surface area contributed by atoms with Gasteiger partial charge in [0, 0.05) is 18.8 Å². The van der Waals surface area contributed by atoms with Crippen LogP contribution in [0.4, 0.5) is 5.69 Å². The van der Waals surface area contributed by atoms with E-state index in [0.29, 0.717) is 6.54 Å². The van der Waals surface area contributed by atoms with Crippen molar-refractivity contribution in [3.8, 4) is 0 Å². The predicted octanol–water partition coefficient (Wildman–Crippen LogP) is 2.80. The molecule has 1 aliphatic rings. The van der Waals surface area contributed by atoms with Crippen LogP contribution in [0.1, 0.15) is 17.5 Å². The molecule has 2 aromatic rings. The molecule has 3 nitrogen and oxygen atoms in total. The molecule has 0 spiro atoms. The minimum Gasteiger partial charge on any atom is -0.362 e. The molecule has 0 atom stereocenters. The number of carbonyl (C=O) groups is 1. The largest absolute Gasteiger partial charge is 0.362 e. The summed E-state index contributed by atoms with van der Waals surface area (Å²) in [5.41, 5.74) is 3.88. The normalized spacial score (nSPS) is 13.0. The van der Waals surface area contributed by atoms with E-state index in [1.54, 1.807) is 0 Å². The molecule has 1 N–H and O–H groups in total. The molecular formula is C19H22N2O. The van der Waals surface area contributed by atoms with Crippen molar-refractivity contribution in [2.24, 2.45) is 0 Å². The number of rotatable bonds is 6. The van der Waals surface area contributed by atoms with Gasteiger partial charge in [-0.3, -0.25) is 4.79 Å². The van der Waals surface area contributed by atoms with E-state index in [2.05, 4.69) is 52.7 Å². The number of hydrogen-bond donors (Lipinski definition) is 1. The third kappa shape index (κ3) is 3.67. The monoisotopic (exact) mass is 294 g/mol. The molecule has 0 saturated carbocycles. The summed E-state index contributed by atoms with van der Waals surface area (Å²) in [6.07, 6.45) is 3.03. The van der Waals surface area contributed by atoms with Crippen LogP contribution in [0.25, 0.3) is 0 Å². The van der Waals surface area contributed by atoms with Crippen molar-refractivity contribution >= 4 is 11.6 Å². The van der Waals surface area contributed by atoms with Gasteiger partial charge >= 0.3 is 0 Å². The van der Waals surface area contributed by atoms with Gasteiger partial charge in [0.15, 0.2) is 0 Å². The smallest absolute Gasteiger partial charge is 0.239 e. The molecule has 0 unspecified atom stereocenters. The standard InChI is InChI=1S/C19H22N2O/c22-19(20-13-6-9-16-7-2-1-3-8-16)15-21-14-12-17-10-4-5-11-18(17)21/h1-5,7-8,10-11H,6,9,12-15H2,(H,20,22). The molecule has 0 saturated heterocycles. The highest BCUT2D eigenvalue weighted by Gasteiger charge is 2.19. The molecule has 1 heterocycles.